The van der Waals surface area contributed by atoms with Gasteiger partial charge in [-0.3, -0.25) is 9.52 Å². The lowest BCUT2D eigenvalue weighted by Crippen LogP contribution is -2.50. The van der Waals surface area contributed by atoms with Gasteiger partial charge in [-0.2, -0.15) is 5.26 Å². The van der Waals surface area contributed by atoms with Gasteiger partial charge in [0.2, 0.25) is 0 Å². The average molecular weight is 486 g/mol. The molecule has 2 N–H and O–H groups in total. The molecule has 9 nitrogen and oxygen atoms in total. The summed E-state index contributed by atoms with van der Waals surface area (Å²) in [7, 11) is -2.77. The predicted molar refractivity (Wildman–Crippen MR) is 125 cm³/mol. The minimum atomic E-state index is -4.09. The quantitative estimate of drug-likeness (QED) is 0.548. The molecule has 1 aliphatic carbocycles. The second-order valence-electron chi connectivity index (χ2n) is 8.22. The minimum absolute atomic E-state index is 0.0437. The molecule has 10 heteroatoms. The Bertz CT molecular complexity index is 1200. The van der Waals surface area contributed by atoms with Crippen molar-refractivity contribution < 1.29 is 27.5 Å². The summed E-state index contributed by atoms with van der Waals surface area (Å²) in [6, 6.07) is 12.8. The van der Waals surface area contributed by atoms with Gasteiger partial charge in [-0.05, 0) is 50.1 Å². The van der Waals surface area contributed by atoms with Crippen LogP contribution in [0.3, 0.4) is 0 Å². The van der Waals surface area contributed by atoms with Crippen LogP contribution in [0.5, 0.6) is 5.75 Å². The normalized spacial score (nSPS) is 15.0. The zero-order valence-corrected chi connectivity index (χ0v) is 19.9. The molecule has 0 bridgehead atoms. The van der Waals surface area contributed by atoms with E-state index in [1.54, 1.807) is 24.3 Å². The predicted octanol–water partition coefficient (Wildman–Crippen LogP) is 3.30. The highest BCUT2D eigenvalue weighted by Crippen LogP contribution is 2.28. The number of nitrogens with one attached hydrogen (secondary N) is 2. The van der Waals surface area contributed by atoms with Crippen LogP contribution in [0.4, 0.5) is 5.69 Å². The maximum Gasteiger partial charge on any atom is 0.338 e. The van der Waals surface area contributed by atoms with Crippen molar-refractivity contribution in [3.05, 3.63) is 53.6 Å². The molecule has 1 fully saturated rings. The number of ether oxygens (including phenoxy) is 2. The van der Waals surface area contributed by atoms with E-state index >= 15 is 0 Å². The fraction of sp³-hybridized carbons (Fsp3) is 0.375. The molecule has 0 atom stereocenters. The summed E-state index contributed by atoms with van der Waals surface area (Å²) in [5, 5.41) is 12.1. The molecule has 0 saturated heterocycles. The van der Waals surface area contributed by atoms with Gasteiger partial charge in [0.15, 0.2) is 6.61 Å². The molecule has 0 spiro atoms. The number of sulfonamides is 1. The number of methoxy groups -OCH3 is 1. The number of carbonyl (C=O) groups excluding carboxylic acids is 2. The summed E-state index contributed by atoms with van der Waals surface area (Å²) >= 11 is 0. The first-order valence-electron chi connectivity index (χ1n) is 10.8. The van der Waals surface area contributed by atoms with E-state index in [4.69, 9.17) is 9.47 Å². The zero-order valence-electron chi connectivity index (χ0n) is 19.1. The third-order valence-electron chi connectivity index (χ3n) is 5.63. The van der Waals surface area contributed by atoms with Crippen molar-refractivity contribution in [1.29, 1.82) is 5.26 Å². The Morgan fingerprint density at radius 2 is 1.76 bits per heavy atom. The Morgan fingerprint density at radius 3 is 2.38 bits per heavy atom. The van der Waals surface area contributed by atoms with Gasteiger partial charge in [0.25, 0.3) is 15.9 Å². The van der Waals surface area contributed by atoms with E-state index in [2.05, 4.69) is 16.1 Å². The lowest BCUT2D eigenvalue weighted by Gasteiger charge is -2.31. The number of esters is 1. The van der Waals surface area contributed by atoms with Crippen molar-refractivity contribution in [1.82, 2.24) is 5.32 Å². The largest absolute Gasteiger partial charge is 0.495 e. The van der Waals surface area contributed by atoms with Crippen LogP contribution in [0.1, 0.15) is 48.0 Å². The summed E-state index contributed by atoms with van der Waals surface area (Å²) in [6.07, 6.45) is 3.80. The average Bonchev–Trinajstić information content (AvgIpc) is 2.84. The first-order chi connectivity index (χ1) is 16.2. The number of aryl methyl sites for hydroxylation is 1. The van der Waals surface area contributed by atoms with Crippen LogP contribution in [-0.4, -0.2) is 39.5 Å². The van der Waals surface area contributed by atoms with E-state index < -0.39 is 34.0 Å². The van der Waals surface area contributed by atoms with E-state index in [-0.39, 0.29) is 16.2 Å². The van der Waals surface area contributed by atoms with Crippen LogP contribution in [0.15, 0.2) is 47.4 Å². The highest BCUT2D eigenvalue weighted by Gasteiger charge is 2.33. The van der Waals surface area contributed by atoms with Gasteiger partial charge in [0, 0.05) is 5.69 Å². The molecule has 1 aliphatic rings. The number of nitriles is 1. The fourth-order valence-corrected chi connectivity index (χ4v) is 5.04. The number of hydrogen-bond acceptors (Lipinski definition) is 7. The van der Waals surface area contributed by atoms with Gasteiger partial charge < -0.3 is 14.8 Å². The highest BCUT2D eigenvalue weighted by molar-refractivity contribution is 7.92. The maximum absolute atomic E-state index is 13.0. The first kappa shape index (κ1) is 25.1. The molecule has 2 aromatic rings. The Hall–Kier alpha value is -3.58. The Kier molecular flexibility index (Phi) is 7.79. The Balaban J connectivity index is 1.71. The van der Waals surface area contributed by atoms with E-state index in [9.17, 15) is 23.3 Å². The highest BCUT2D eigenvalue weighted by atomic mass is 32.2. The number of benzene rings is 2. The van der Waals surface area contributed by atoms with Gasteiger partial charge >= 0.3 is 5.97 Å². The van der Waals surface area contributed by atoms with Crippen LogP contribution in [0.2, 0.25) is 0 Å². The summed E-state index contributed by atoms with van der Waals surface area (Å²) in [5.41, 5.74) is 0.320. The van der Waals surface area contributed by atoms with Crippen LogP contribution < -0.4 is 14.8 Å². The van der Waals surface area contributed by atoms with E-state index in [0.717, 1.165) is 30.9 Å². The zero-order chi connectivity index (χ0) is 24.8. The molecule has 0 aliphatic heterocycles. The Labute approximate surface area is 199 Å². The van der Waals surface area contributed by atoms with Crippen LogP contribution >= 0.6 is 0 Å². The third-order valence-corrected chi connectivity index (χ3v) is 7.03. The van der Waals surface area contributed by atoms with Crippen molar-refractivity contribution in [3.63, 3.8) is 0 Å². The molecule has 3 rings (SSSR count). The molecule has 0 heterocycles. The second-order valence-corrected chi connectivity index (χ2v) is 9.87. The maximum atomic E-state index is 13.0. The van der Waals surface area contributed by atoms with Crippen molar-refractivity contribution in [2.45, 2.75) is 49.5 Å². The third kappa shape index (κ3) is 6.05. The van der Waals surface area contributed by atoms with Crippen LogP contribution in [-0.2, 0) is 19.6 Å². The summed E-state index contributed by atoms with van der Waals surface area (Å²) in [5.74, 6) is -1.42. The van der Waals surface area contributed by atoms with Crippen molar-refractivity contribution >= 4 is 27.6 Å². The van der Waals surface area contributed by atoms with Crippen LogP contribution in [0.25, 0.3) is 0 Å². The van der Waals surface area contributed by atoms with E-state index in [1.807, 2.05) is 6.92 Å². The van der Waals surface area contributed by atoms with Gasteiger partial charge in [0.1, 0.15) is 16.2 Å². The summed E-state index contributed by atoms with van der Waals surface area (Å²) < 4.78 is 38.6. The summed E-state index contributed by atoms with van der Waals surface area (Å²) in [4.78, 5) is 24.6. The lowest BCUT2D eigenvalue weighted by atomic mass is 9.83. The molecule has 0 radical (unpaired) electrons. The molecule has 2 aromatic carbocycles. The van der Waals surface area contributed by atoms with Gasteiger partial charge in [-0.25, -0.2) is 13.2 Å². The number of hydrogen-bond donors (Lipinski definition) is 2. The minimum Gasteiger partial charge on any atom is -0.495 e. The van der Waals surface area contributed by atoms with E-state index in [0.29, 0.717) is 18.5 Å². The van der Waals surface area contributed by atoms with Gasteiger partial charge in [-0.15, -0.1) is 0 Å². The molecule has 0 unspecified atom stereocenters. The lowest BCUT2D eigenvalue weighted by molar-refractivity contribution is -0.125. The topological polar surface area (TPSA) is 135 Å². The SMILES string of the molecule is COc1ccc(C(=O)OCC(=O)NC2(C#N)CCCCC2)cc1S(=O)(=O)Nc1ccc(C)cc1. The number of nitrogens with zero attached hydrogens (tertiary/aromatic N) is 1. The number of amides is 1. The number of carbonyl (C=O) groups is 2. The number of anilines is 1. The van der Waals surface area contributed by atoms with Gasteiger partial charge in [-0.1, -0.05) is 37.0 Å². The molecular formula is C24H27N3O6S. The first-order valence-corrected chi connectivity index (χ1v) is 12.3. The molecule has 34 heavy (non-hydrogen) atoms. The molecule has 1 saturated carbocycles. The fourth-order valence-electron chi connectivity index (χ4n) is 3.78. The Morgan fingerprint density at radius 1 is 1.09 bits per heavy atom. The molecule has 180 valence electrons. The summed E-state index contributed by atoms with van der Waals surface area (Å²) in [6.45, 7) is 1.30. The standard InChI is InChI=1S/C24H27N3O6S/c1-17-6-9-19(10-7-17)27-34(30,31)21-14-18(8-11-20(21)32-2)23(29)33-15-22(28)26-24(16-25)12-4-3-5-13-24/h6-11,14,27H,3-5,12-13,15H2,1-2H3,(H,26,28). The number of rotatable bonds is 8. The van der Waals surface area contributed by atoms with E-state index in [1.165, 1.54) is 19.2 Å². The van der Waals surface area contributed by atoms with Crippen LogP contribution in [0, 0.1) is 18.3 Å². The monoisotopic (exact) mass is 485 g/mol. The van der Waals surface area contributed by atoms with Crippen molar-refractivity contribution in [2.24, 2.45) is 0 Å². The molecule has 1 amide bonds. The molecular weight excluding hydrogens is 458 g/mol. The molecule has 0 aromatic heterocycles. The van der Waals surface area contributed by atoms with Gasteiger partial charge in [0.05, 0.1) is 18.7 Å². The van der Waals surface area contributed by atoms with Crippen molar-refractivity contribution in [3.8, 4) is 11.8 Å². The second kappa shape index (κ2) is 10.6. The smallest absolute Gasteiger partial charge is 0.338 e. The van der Waals surface area contributed by atoms with Crippen molar-refractivity contribution in [2.75, 3.05) is 18.4 Å².